The van der Waals surface area contributed by atoms with E-state index >= 15 is 0 Å². The second-order valence-electron chi connectivity index (χ2n) is 11.0. The monoisotopic (exact) mass is 569 g/mol. The summed E-state index contributed by atoms with van der Waals surface area (Å²) in [6.45, 7) is 7.97. The predicted octanol–water partition coefficient (Wildman–Crippen LogP) is 6.72. The van der Waals surface area contributed by atoms with Gasteiger partial charge in [0.15, 0.2) is 0 Å². The summed E-state index contributed by atoms with van der Waals surface area (Å²) < 4.78 is 79.6. The average molecular weight is 570 g/mol. The number of likely N-dealkylation sites (N-methyl/N-ethyl adjacent to an activating group) is 1. The number of hydrogen-bond donors (Lipinski definition) is 1. The highest BCUT2D eigenvalue weighted by Crippen LogP contribution is 2.41. The summed E-state index contributed by atoms with van der Waals surface area (Å²) in [4.78, 5) is 30.6. The molecule has 2 saturated heterocycles. The quantitative estimate of drug-likeness (QED) is 0.407. The van der Waals surface area contributed by atoms with Crippen molar-refractivity contribution in [3.8, 4) is 0 Å². The van der Waals surface area contributed by atoms with Crippen molar-refractivity contribution >= 4 is 17.5 Å². The number of aryl methyl sites for hydroxylation is 1. The summed E-state index contributed by atoms with van der Waals surface area (Å²) in [6.07, 6.45) is -7.62. The first-order chi connectivity index (χ1) is 18.6. The highest BCUT2D eigenvalue weighted by Gasteiger charge is 2.45. The maximum Gasteiger partial charge on any atom is 0.416 e. The van der Waals surface area contributed by atoms with Crippen LogP contribution in [0, 0.1) is 12.8 Å². The lowest BCUT2D eigenvalue weighted by Gasteiger charge is -2.50. The fourth-order valence-electron chi connectivity index (χ4n) is 6.05. The van der Waals surface area contributed by atoms with Crippen LogP contribution in [0.5, 0.6) is 0 Å². The van der Waals surface area contributed by atoms with Crippen LogP contribution in [-0.4, -0.2) is 53.8 Å². The Morgan fingerprint density at radius 3 is 2.20 bits per heavy atom. The Labute approximate surface area is 229 Å². The molecule has 1 N–H and O–H groups in total. The van der Waals surface area contributed by atoms with Crippen molar-refractivity contribution in [2.24, 2.45) is 5.92 Å². The van der Waals surface area contributed by atoms with Gasteiger partial charge in [0.25, 0.3) is 5.91 Å². The Balaban J connectivity index is 1.61. The van der Waals surface area contributed by atoms with Crippen LogP contribution in [-0.2, 0) is 17.1 Å². The van der Waals surface area contributed by atoms with Crippen molar-refractivity contribution in [2.75, 3.05) is 25.5 Å². The van der Waals surface area contributed by atoms with Gasteiger partial charge in [0.05, 0.1) is 17.0 Å². The Hall–Kier alpha value is -3.08. The minimum atomic E-state index is -5.07. The van der Waals surface area contributed by atoms with Crippen molar-refractivity contribution in [1.29, 1.82) is 0 Å². The summed E-state index contributed by atoms with van der Waals surface area (Å²) in [5.41, 5.74) is -2.25. The fourth-order valence-corrected chi connectivity index (χ4v) is 6.05. The fraction of sp³-hybridized carbons (Fsp3) is 0.517. The van der Waals surface area contributed by atoms with E-state index in [1.54, 1.807) is 19.2 Å². The van der Waals surface area contributed by atoms with E-state index in [1.165, 1.54) is 6.07 Å². The molecule has 2 aromatic carbocycles. The molecular weight excluding hydrogens is 536 g/mol. The number of benzene rings is 2. The van der Waals surface area contributed by atoms with Gasteiger partial charge in [-0.25, -0.2) is 0 Å². The number of piperidine rings is 2. The van der Waals surface area contributed by atoms with Gasteiger partial charge < -0.3 is 15.1 Å². The number of hydrogen-bond acceptors (Lipinski definition) is 3. The van der Waals surface area contributed by atoms with Crippen LogP contribution >= 0.6 is 0 Å². The first kappa shape index (κ1) is 29.9. The van der Waals surface area contributed by atoms with E-state index in [2.05, 4.69) is 24.1 Å². The molecule has 2 heterocycles. The molecule has 2 fully saturated rings. The smallest absolute Gasteiger partial charge is 0.342 e. The van der Waals surface area contributed by atoms with E-state index in [0.29, 0.717) is 30.2 Å². The molecular formula is C29H33F6N3O2. The van der Waals surface area contributed by atoms with E-state index < -0.39 is 40.9 Å². The van der Waals surface area contributed by atoms with Gasteiger partial charge in [-0.15, -0.1) is 0 Å². The molecule has 2 aliphatic heterocycles. The Kier molecular flexibility index (Phi) is 8.27. The normalized spacial score (nSPS) is 24.1. The van der Waals surface area contributed by atoms with Crippen molar-refractivity contribution in [3.63, 3.8) is 0 Å². The van der Waals surface area contributed by atoms with Crippen LogP contribution < -0.4 is 5.32 Å². The van der Waals surface area contributed by atoms with Gasteiger partial charge in [0.2, 0.25) is 5.91 Å². The molecule has 2 amide bonds. The lowest BCUT2D eigenvalue weighted by molar-refractivity contribution is -0.143. The van der Waals surface area contributed by atoms with Crippen LogP contribution in [0.2, 0.25) is 0 Å². The highest BCUT2D eigenvalue weighted by atomic mass is 19.4. The van der Waals surface area contributed by atoms with Gasteiger partial charge in [-0.1, -0.05) is 13.0 Å². The Bertz CT molecular complexity index is 1240. The number of anilines is 1. The molecule has 4 atom stereocenters. The SMILES string of the molecule is CCCN1CC2CC(c3cc(NC(=O)c4cc(C(F)(F)F)cc(C(F)(F)F)c4)ccc3C)C(=O)N(C)C2CC1C. The molecule has 11 heteroatoms. The molecule has 0 radical (unpaired) electrons. The first-order valence-electron chi connectivity index (χ1n) is 13.3. The summed E-state index contributed by atoms with van der Waals surface area (Å²) in [7, 11) is 1.81. The molecule has 218 valence electrons. The number of carbonyl (C=O) groups is 2. The number of nitrogens with zero attached hydrogens (tertiary/aromatic N) is 2. The molecule has 0 aliphatic carbocycles. The van der Waals surface area contributed by atoms with Crippen LogP contribution in [0.25, 0.3) is 0 Å². The largest absolute Gasteiger partial charge is 0.416 e. The maximum atomic E-state index is 13.5. The zero-order chi connectivity index (χ0) is 29.6. The van der Waals surface area contributed by atoms with Crippen LogP contribution in [0.15, 0.2) is 36.4 Å². The molecule has 5 nitrogen and oxygen atoms in total. The number of fused-ring (bicyclic) bond motifs is 1. The van der Waals surface area contributed by atoms with Crippen LogP contribution in [0.1, 0.15) is 71.6 Å². The molecule has 4 unspecified atom stereocenters. The summed E-state index contributed by atoms with van der Waals surface area (Å²) in [5, 5.41) is 2.43. The zero-order valence-electron chi connectivity index (χ0n) is 22.8. The molecule has 4 rings (SSSR count). The third-order valence-electron chi connectivity index (χ3n) is 8.17. The highest BCUT2D eigenvalue weighted by molar-refractivity contribution is 6.04. The standard InChI is InChI=1S/C29H33F6N3O2/c1-5-8-38-15-19-12-24(27(40)37(4)25(19)9-17(38)3)23-14-22(7-6-16(23)2)36-26(39)18-10-20(28(30,31)32)13-21(11-18)29(33,34)35/h6-7,10-11,13-14,17,19,24-25H,5,8-9,12,15H2,1-4H3,(H,36,39). The molecule has 40 heavy (non-hydrogen) atoms. The topological polar surface area (TPSA) is 52.7 Å². The first-order valence-corrected chi connectivity index (χ1v) is 13.3. The van der Waals surface area contributed by atoms with Crippen molar-refractivity contribution < 1.29 is 35.9 Å². The van der Waals surface area contributed by atoms with E-state index in [-0.39, 0.29) is 29.6 Å². The van der Waals surface area contributed by atoms with Crippen molar-refractivity contribution in [1.82, 2.24) is 9.80 Å². The van der Waals surface area contributed by atoms with E-state index in [9.17, 15) is 35.9 Å². The van der Waals surface area contributed by atoms with Gasteiger partial charge in [-0.3, -0.25) is 9.59 Å². The van der Waals surface area contributed by atoms with Crippen LogP contribution in [0.4, 0.5) is 32.0 Å². The molecule has 2 aliphatic rings. The van der Waals surface area contributed by atoms with Gasteiger partial charge in [0.1, 0.15) is 0 Å². The number of likely N-dealkylation sites (tertiary alicyclic amines) is 2. The lowest BCUT2D eigenvalue weighted by atomic mass is 9.74. The molecule has 0 spiro atoms. The van der Waals surface area contributed by atoms with Crippen molar-refractivity contribution in [3.05, 3.63) is 64.2 Å². The molecule has 2 aromatic rings. The maximum absolute atomic E-state index is 13.5. The second kappa shape index (κ2) is 11.1. The number of halogens is 6. The average Bonchev–Trinajstić information content (AvgIpc) is 2.87. The molecule has 0 bridgehead atoms. The minimum absolute atomic E-state index is 0.0210. The van der Waals surface area contributed by atoms with Gasteiger partial charge >= 0.3 is 12.4 Å². The van der Waals surface area contributed by atoms with Gasteiger partial charge in [-0.2, -0.15) is 26.3 Å². The summed E-state index contributed by atoms with van der Waals surface area (Å²) in [5.74, 6) is -1.39. The summed E-state index contributed by atoms with van der Waals surface area (Å²) >= 11 is 0. The summed E-state index contributed by atoms with van der Waals surface area (Å²) in [6, 6.07) is 6.05. The van der Waals surface area contributed by atoms with Gasteiger partial charge in [-0.05, 0) is 87.0 Å². The number of carbonyl (C=O) groups excluding carboxylic acids is 2. The number of nitrogens with one attached hydrogen (secondary N) is 1. The second-order valence-corrected chi connectivity index (χ2v) is 11.0. The third-order valence-corrected chi connectivity index (χ3v) is 8.17. The van der Waals surface area contributed by atoms with E-state index in [1.807, 2.05) is 11.8 Å². The lowest BCUT2D eigenvalue weighted by Crippen LogP contribution is -2.59. The Morgan fingerprint density at radius 2 is 1.62 bits per heavy atom. The van der Waals surface area contributed by atoms with Gasteiger partial charge in [0, 0.05) is 36.9 Å². The number of rotatable bonds is 5. The van der Waals surface area contributed by atoms with E-state index in [0.717, 1.165) is 31.5 Å². The zero-order valence-corrected chi connectivity index (χ0v) is 22.8. The minimum Gasteiger partial charge on any atom is -0.342 e. The van der Waals surface area contributed by atoms with Crippen LogP contribution in [0.3, 0.4) is 0 Å². The van der Waals surface area contributed by atoms with E-state index in [4.69, 9.17) is 0 Å². The molecule has 0 aromatic heterocycles. The van der Waals surface area contributed by atoms with Crippen molar-refractivity contribution in [2.45, 2.75) is 70.4 Å². The predicted molar refractivity (Wildman–Crippen MR) is 139 cm³/mol. The third kappa shape index (κ3) is 6.14. The molecule has 0 saturated carbocycles. The Morgan fingerprint density at radius 1 is 1.00 bits per heavy atom. The number of alkyl halides is 6. The number of amides is 2.